The predicted molar refractivity (Wildman–Crippen MR) is 67.5 cm³/mol. The molecule has 0 atom stereocenters. The third-order valence-electron chi connectivity index (χ3n) is 2.69. The number of ether oxygens (including phenoxy) is 1. The van der Waals surface area contributed by atoms with Gasteiger partial charge in [0.1, 0.15) is 0 Å². The first kappa shape index (κ1) is 13.0. The van der Waals surface area contributed by atoms with Gasteiger partial charge in [-0.05, 0) is 22.0 Å². The summed E-state index contributed by atoms with van der Waals surface area (Å²) < 4.78 is 5.61. The third-order valence-corrected chi connectivity index (χ3v) is 3.35. The smallest absolute Gasteiger partial charge is 0.270 e. The molecule has 1 amide bonds. The number of amides is 1. The van der Waals surface area contributed by atoms with Crippen LogP contribution in [0.1, 0.15) is 10.4 Å². The van der Waals surface area contributed by atoms with Gasteiger partial charge in [0, 0.05) is 29.7 Å². The first-order chi connectivity index (χ1) is 8.59. The minimum absolute atomic E-state index is 0.0413. The molecule has 7 heteroatoms. The maximum atomic E-state index is 12.2. The second kappa shape index (κ2) is 5.45. The molecule has 0 saturated carbocycles. The van der Waals surface area contributed by atoms with Crippen LogP contribution in [0.3, 0.4) is 0 Å². The molecule has 0 spiro atoms. The predicted octanol–water partition coefficient (Wildman–Crippen LogP) is 1.83. The lowest BCUT2D eigenvalue weighted by Crippen LogP contribution is -2.40. The van der Waals surface area contributed by atoms with Crippen molar-refractivity contribution in [3.63, 3.8) is 0 Å². The second-order valence-corrected chi connectivity index (χ2v) is 4.68. The first-order valence-electron chi connectivity index (χ1n) is 5.40. The minimum Gasteiger partial charge on any atom is -0.378 e. The van der Waals surface area contributed by atoms with Gasteiger partial charge in [0.05, 0.1) is 23.7 Å². The number of non-ortho nitro benzene ring substituents is 1. The lowest BCUT2D eigenvalue weighted by molar-refractivity contribution is -0.384. The van der Waals surface area contributed by atoms with E-state index in [2.05, 4.69) is 15.9 Å². The van der Waals surface area contributed by atoms with Crippen LogP contribution < -0.4 is 0 Å². The normalized spacial score (nSPS) is 15.5. The van der Waals surface area contributed by atoms with E-state index in [0.717, 1.165) is 0 Å². The number of benzene rings is 1. The molecule has 0 bridgehead atoms. The van der Waals surface area contributed by atoms with Crippen molar-refractivity contribution in [2.24, 2.45) is 0 Å². The maximum Gasteiger partial charge on any atom is 0.270 e. The Morgan fingerprint density at radius 1 is 1.39 bits per heavy atom. The van der Waals surface area contributed by atoms with E-state index < -0.39 is 4.92 Å². The highest BCUT2D eigenvalue weighted by Gasteiger charge is 2.21. The highest BCUT2D eigenvalue weighted by molar-refractivity contribution is 9.10. The van der Waals surface area contributed by atoms with Crippen LogP contribution in [-0.2, 0) is 4.74 Å². The largest absolute Gasteiger partial charge is 0.378 e. The van der Waals surface area contributed by atoms with Crippen LogP contribution in [0.25, 0.3) is 0 Å². The summed E-state index contributed by atoms with van der Waals surface area (Å²) in [4.78, 5) is 24.0. The molecule has 0 aromatic heterocycles. The molecule has 1 aliphatic heterocycles. The number of morpholine rings is 1. The quantitative estimate of drug-likeness (QED) is 0.616. The van der Waals surface area contributed by atoms with Crippen LogP contribution in [-0.4, -0.2) is 42.0 Å². The van der Waals surface area contributed by atoms with Crippen molar-refractivity contribution in [3.8, 4) is 0 Å². The van der Waals surface area contributed by atoms with Crippen molar-refractivity contribution in [1.82, 2.24) is 4.90 Å². The molecule has 0 unspecified atom stereocenters. The van der Waals surface area contributed by atoms with E-state index in [4.69, 9.17) is 4.74 Å². The topological polar surface area (TPSA) is 72.7 Å². The van der Waals surface area contributed by atoms with Crippen molar-refractivity contribution in [3.05, 3.63) is 38.3 Å². The van der Waals surface area contributed by atoms with Crippen LogP contribution in [0, 0.1) is 10.1 Å². The standard InChI is InChI=1S/C11H11BrN2O4/c12-10-7-8(14(16)17)1-2-9(10)11(15)13-3-5-18-6-4-13/h1-2,7H,3-6H2. The number of carbonyl (C=O) groups is 1. The molecule has 1 aromatic carbocycles. The lowest BCUT2D eigenvalue weighted by Gasteiger charge is -2.27. The zero-order valence-corrected chi connectivity index (χ0v) is 11.1. The molecule has 1 fully saturated rings. The van der Waals surface area contributed by atoms with E-state index in [1.54, 1.807) is 4.90 Å². The van der Waals surface area contributed by atoms with E-state index in [9.17, 15) is 14.9 Å². The van der Waals surface area contributed by atoms with E-state index in [1.165, 1.54) is 18.2 Å². The van der Waals surface area contributed by atoms with Gasteiger partial charge in [0.25, 0.3) is 11.6 Å². The van der Waals surface area contributed by atoms with Crippen molar-refractivity contribution >= 4 is 27.5 Å². The van der Waals surface area contributed by atoms with E-state index in [-0.39, 0.29) is 11.6 Å². The first-order valence-corrected chi connectivity index (χ1v) is 6.20. The summed E-state index contributed by atoms with van der Waals surface area (Å²) in [5.41, 5.74) is 0.392. The molecule has 6 nitrogen and oxygen atoms in total. The molecule has 0 N–H and O–H groups in total. The average molecular weight is 315 g/mol. The molecule has 0 radical (unpaired) electrons. The molecule has 1 heterocycles. The fraction of sp³-hybridized carbons (Fsp3) is 0.364. The minimum atomic E-state index is -0.492. The third kappa shape index (κ3) is 2.68. The SMILES string of the molecule is O=C(c1ccc([N+](=O)[O-])cc1Br)N1CCOCC1. The van der Waals surface area contributed by atoms with Gasteiger partial charge >= 0.3 is 0 Å². The molecule has 96 valence electrons. The van der Waals surface area contributed by atoms with Gasteiger partial charge < -0.3 is 9.64 Å². The molecular formula is C11H11BrN2O4. The Bertz CT molecular complexity index is 486. The van der Waals surface area contributed by atoms with Gasteiger partial charge in [-0.15, -0.1) is 0 Å². The lowest BCUT2D eigenvalue weighted by atomic mass is 10.1. The molecule has 0 aliphatic carbocycles. The number of nitro benzene ring substituents is 1. The molecule has 1 aliphatic rings. The van der Waals surface area contributed by atoms with Crippen LogP contribution in [0.5, 0.6) is 0 Å². The number of nitro groups is 1. The van der Waals surface area contributed by atoms with E-state index >= 15 is 0 Å². The molecule has 2 rings (SSSR count). The Morgan fingerprint density at radius 3 is 2.61 bits per heavy atom. The second-order valence-electron chi connectivity index (χ2n) is 3.83. The van der Waals surface area contributed by atoms with Crippen molar-refractivity contribution < 1.29 is 14.5 Å². The number of nitrogens with zero attached hydrogens (tertiary/aromatic N) is 2. The Morgan fingerprint density at radius 2 is 2.06 bits per heavy atom. The van der Waals surface area contributed by atoms with Gasteiger partial charge in [-0.2, -0.15) is 0 Å². The highest BCUT2D eigenvalue weighted by atomic mass is 79.9. The summed E-state index contributed by atoms with van der Waals surface area (Å²) in [7, 11) is 0. The maximum absolute atomic E-state index is 12.2. The van der Waals surface area contributed by atoms with Crippen LogP contribution in [0.15, 0.2) is 22.7 Å². The van der Waals surface area contributed by atoms with Crippen LogP contribution >= 0.6 is 15.9 Å². The van der Waals surface area contributed by atoms with Gasteiger partial charge in [-0.3, -0.25) is 14.9 Å². The number of hydrogen-bond acceptors (Lipinski definition) is 4. The molecular weight excluding hydrogens is 304 g/mol. The number of carbonyl (C=O) groups excluding carboxylic acids is 1. The van der Waals surface area contributed by atoms with Gasteiger partial charge in [-0.25, -0.2) is 0 Å². The number of rotatable bonds is 2. The average Bonchev–Trinajstić information content (AvgIpc) is 2.38. The summed E-state index contributed by atoms with van der Waals surface area (Å²) in [6, 6.07) is 4.14. The number of halogens is 1. The van der Waals surface area contributed by atoms with E-state index in [1.807, 2.05) is 0 Å². The van der Waals surface area contributed by atoms with Crippen molar-refractivity contribution in [2.75, 3.05) is 26.3 Å². The fourth-order valence-electron chi connectivity index (χ4n) is 1.73. The van der Waals surface area contributed by atoms with Gasteiger partial charge in [0.2, 0.25) is 0 Å². The highest BCUT2D eigenvalue weighted by Crippen LogP contribution is 2.24. The number of hydrogen-bond donors (Lipinski definition) is 0. The molecule has 18 heavy (non-hydrogen) atoms. The molecule has 1 saturated heterocycles. The van der Waals surface area contributed by atoms with Crippen molar-refractivity contribution in [1.29, 1.82) is 0 Å². The summed E-state index contributed by atoms with van der Waals surface area (Å²) in [6.45, 7) is 2.14. The Labute approximate surface area is 112 Å². The summed E-state index contributed by atoms with van der Waals surface area (Å²) in [6.07, 6.45) is 0. The zero-order valence-electron chi connectivity index (χ0n) is 9.47. The Kier molecular flexibility index (Phi) is 3.93. The Hall–Kier alpha value is -1.47. The van der Waals surface area contributed by atoms with Gasteiger partial charge in [0.15, 0.2) is 0 Å². The monoisotopic (exact) mass is 314 g/mol. The summed E-state index contributed by atoms with van der Waals surface area (Å²) in [5.74, 6) is -0.139. The van der Waals surface area contributed by atoms with Crippen LogP contribution in [0.2, 0.25) is 0 Å². The van der Waals surface area contributed by atoms with Gasteiger partial charge in [-0.1, -0.05) is 0 Å². The Balaban J connectivity index is 2.22. The van der Waals surface area contributed by atoms with Crippen LogP contribution in [0.4, 0.5) is 5.69 Å². The molecule has 1 aromatic rings. The zero-order chi connectivity index (χ0) is 13.1. The summed E-state index contributed by atoms with van der Waals surface area (Å²) >= 11 is 3.20. The summed E-state index contributed by atoms with van der Waals surface area (Å²) in [5, 5.41) is 10.6. The van der Waals surface area contributed by atoms with Crippen molar-refractivity contribution in [2.45, 2.75) is 0 Å². The van der Waals surface area contributed by atoms with E-state index in [0.29, 0.717) is 36.3 Å². The fourth-order valence-corrected chi connectivity index (χ4v) is 2.26.